The summed E-state index contributed by atoms with van der Waals surface area (Å²) in [6.07, 6.45) is 4.74. The molecule has 1 aliphatic rings. The van der Waals surface area contributed by atoms with Gasteiger partial charge in [-0.3, -0.25) is 10.2 Å². The molecule has 6 heteroatoms. The van der Waals surface area contributed by atoms with Crippen LogP contribution in [0.3, 0.4) is 0 Å². The number of rotatable bonds is 5. The van der Waals surface area contributed by atoms with Crippen molar-refractivity contribution in [3.8, 4) is 0 Å². The Hall–Kier alpha value is -0.950. The van der Waals surface area contributed by atoms with Crippen LogP contribution in [0.1, 0.15) is 40.9 Å². The molecule has 1 heterocycles. The predicted molar refractivity (Wildman–Crippen MR) is 73.8 cm³/mol. The van der Waals surface area contributed by atoms with Crippen LogP contribution in [0, 0.1) is 0 Å². The zero-order chi connectivity index (χ0) is 13.7. The number of nitrogens with two attached hydrogens (primary N) is 1. The number of nitrogens with one attached hydrogen (secondary N) is 1. The van der Waals surface area contributed by atoms with E-state index in [0.717, 1.165) is 31.2 Å². The van der Waals surface area contributed by atoms with Gasteiger partial charge in [0.25, 0.3) is 5.91 Å². The van der Waals surface area contributed by atoms with E-state index >= 15 is 0 Å². The Kier molecular flexibility index (Phi) is 5.33. The topological polar surface area (TPSA) is 73.6 Å². The average molecular weight is 284 g/mol. The summed E-state index contributed by atoms with van der Waals surface area (Å²) < 4.78 is 11.3. The summed E-state index contributed by atoms with van der Waals surface area (Å²) in [5.74, 6) is 4.90. The fraction of sp³-hybridized carbons (Fsp3) is 0.615. The number of thiophene rings is 1. The smallest absolute Gasteiger partial charge is 0.275 e. The van der Waals surface area contributed by atoms with Gasteiger partial charge in [0.2, 0.25) is 0 Å². The van der Waals surface area contributed by atoms with E-state index in [1.54, 1.807) is 7.11 Å². The number of methoxy groups -OCH3 is 1. The lowest BCUT2D eigenvalue weighted by Gasteiger charge is -2.28. The van der Waals surface area contributed by atoms with Crippen molar-refractivity contribution in [1.29, 1.82) is 0 Å². The molecule has 0 aromatic carbocycles. The maximum Gasteiger partial charge on any atom is 0.275 e. The zero-order valence-corrected chi connectivity index (χ0v) is 11.9. The number of hydrazine groups is 1. The molecule has 2 atom stereocenters. The Balaban J connectivity index is 1.88. The van der Waals surface area contributed by atoms with Crippen molar-refractivity contribution < 1.29 is 14.3 Å². The minimum absolute atomic E-state index is 0.215. The third-order valence-corrected chi connectivity index (χ3v) is 4.43. The molecule has 0 saturated heterocycles. The highest BCUT2D eigenvalue weighted by Crippen LogP contribution is 2.25. The molecule has 1 amide bonds. The van der Waals surface area contributed by atoms with E-state index in [2.05, 4.69) is 5.43 Å². The molecule has 1 aromatic heterocycles. The summed E-state index contributed by atoms with van der Waals surface area (Å²) in [7, 11) is 1.75. The predicted octanol–water partition coefficient (Wildman–Crippen LogP) is 1.83. The van der Waals surface area contributed by atoms with E-state index < -0.39 is 0 Å². The molecule has 3 N–H and O–H groups in total. The normalized spacial score (nSPS) is 23.3. The van der Waals surface area contributed by atoms with Gasteiger partial charge < -0.3 is 9.47 Å². The van der Waals surface area contributed by atoms with Gasteiger partial charge in [0, 0.05) is 12.7 Å². The standard InChI is InChI=1S/C13H20N2O3S/c1-17-10-3-2-4-11(7-10)18-8-9-5-6-19-12(9)13(16)15-14/h5-6,10-11H,2-4,7-8,14H2,1H3,(H,15,16). The first kappa shape index (κ1) is 14.5. The molecule has 2 unspecified atom stereocenters. The van der Waals surface area contributed by atoms with Gasteiger partial charge in [-0.15, -0.1) is 11.3 Å². The molecule has 0 aliphatic heterocycles. The quantitative estimate of drug-likeness (QED) is 0.491. The monoisotopic (exact) mass is 284 g/mol. The van der Waals surface area contributed by atoms with Crippen molar-refractivity contribution in [2.75, 3.05) is 7.11 Å². The van der Waals surface area contributed by atoms with Crippen molar-refractivity contribution in [2.45, 2.75) is 44.5 Å². The number of nitrogen functional groups attached to an aromatic ring is 1. The first-order chi connectivity index (χ1) is 9.24. The van der Waals surface area contributed by atoms with Gasteiger partial charge in [0.15, 0.2) is 0 Å². The third-order valence-electron chi connectivity index (χ3n) is 3.47. The van der Waals surface area contributed by atoms with Crippen LogP contribution >= 0.6 is 11.3 Å². The number of carbonyl (C=O) groups is 1. The first-order valence-corrected chi connectivity index (χ1v) is 7.34. The molecule has 106 valence electrons. The molecular weight excluding hydrogens is 264 g/mol. The van der Waals surface area contributed by atoms with Crippen LogP contribution < -0.4 is 11.3 Å². The van der Waals surface area contributed by atoms with Crippen molar-refractivity contribution in [2.24, 2.45) is 5.84 Å². The highest BCUT2D eigenvalue weighted by Gasteiger charge is 2.23. The Morgan fingerprint density at radius 1 is 1.53 bits per heavy atom. The lowest BCUT2D eigenvalue weighted by molar-refractivity contribution is -0.0363. The largest absolute Gasteiger partial charge is 0.381 e. The molecule has 19 heavy (non-hydrogen) atoms. The van der Waals surface area contributed by atoms with E-state index in [4.69, 9.17) is 15.3 Å². The molecule has 2 rings (SSSR count). The van der Waals surface area contributed by atoms with Crippen LogP contribution in [0.4, 0.5) is 0 Å². The van der Waals surface area contributed by atoms with E-state index in [0.29, 0.717) is 17.6 Å². The van der Waals surface area contributed by atoms with E-state index in [1.165, 1.54) is 11.3 Å². The average Bonchev–Trinajstić information content (AvgIpc) is 2.93. The second-order valence-electron chi connectivity index (χ2n) is 4.71. The van der Waals surface area contributed by atoms with Crippen LogP contribution in [-0.2, 0) is 16.1 Å². The fourth-order valence-corrected chi connectivity index (χ4v) is 3.20. The van der Waals surface area contributed by atoms with Crippen LogP contribution in [0.25, 0.3) is 0 Å². The van der Waals surface area contributed by atoms with Gasteiger partial charge in [-0.05, 0) is 37.1 Å². The lowest BCUT2D eigenvalue weighted by atomic mass is 9.95. The minimum atomic E-state index is -0.257. The second-order valence-corrected chi connectivity index (χ2v) is 5.62. The maximum atomic E-state index is 11.5. The summed E-state index contributed by atoms with van der Waals surface area (Å²) in [6, 6.07) is 1.91. The van der Waals surface area contributed by atoms with Gasteiger partial charge in [0.05, 0.1) is 23.7 Å². The Labute approximate surface area is 117 Å². The van der Waals surface area contributed by atoms with Gasteiger partial charge >= 0.3 is 0 Å². The van der Waals surface area contributed by atoms with E-state index in [1.807, 2.05) is 11.4 Å². The number of hydrogen-bond donors (Lipinski definition) is 2. The summed E-state index contributed by atoms with van der Waals surface area (Å²) >= 11 is 1.38. The lowest BCUT2D eigenvalue weighted by Crippen LogP contribution is -2.30. The number of carbonyl (C=O) groups excluding carboxylic acids is 1. The van der Waals surface area contributed by atoms with E-state index in [9.17, 15) is 4.79 Å². The molecular formula is C13H20N2O3S. The Bertz CT molecular complexity index is 422. The van der Waals surface area contributed by atoms with E-state index in [-0.39, 0.29) is 12.0 Å². The first-order valence-electron chi connectivity index (χ1n) is 6.46. The van der Waals surface area contributed by atoms with Crippen molar-refractivity contribution in [3.63, 3.8) is 0 Å². The molecule has 0 radical (unpaired) electrons. The van der Waals surface area contributed by atoms with Crippen molar-refractivity contribution in [3.05, 3.63) is 21.9 Å². The molecule has 1 saturated carbocycles. The summed E-state index contributed by atoms with van der Waals surface area (Å²) in [5.41, 5.74) is 3.05. The molecule has 1 aromatic rings. The van der Waals surface area contributed by atoms with Crippen LogP contribution in [0.5, 0.6) is 0 Å². The summed E-state index contributed by atoms with van der Waals surface area (Å²) in [4.78, 5) is 12.2. The maximum absolute atomic E-state index is 11.5. The minimum Gasteiger partial charge on any atom is -0.381 e. The third kappa shape index (κ3) is 3.76. The molecule has 1 aliphatic carbocycles. The van der Waals surface area contributed by atoms with Crippen LogP contribution in [-0.4, -0.2) is 25.2 Å². The Morgan fingerprint density at radius 2 is 2.32 bits per heavy atom. The zero-order valence-electron chi connectivity index (χ0n) is 11.1. The summed E-state index contributed by atoms with van der Waals surface area (Å²) in [5, 5.41) is 1.88. The molecule has 1 fully saturated rings. The van der Waals surface area contributed by atoms with Gasteiger partial charge in [-0.1, -0.05) is 0 Å². The molecule has 5 nitrogen and oxygen atoms in total. The van der Waals surface area contributed by atoms with Gasteiger partial charge in [0.1, 0.15) is 0 Å². The number of ether oxygens (including phenoxy) is 2. The van der Waals surface area contributed by atoms with Crippen LogP contribution in [0.15, 0.2) is 11.4 Å². The highest BCUT2D eigenvalue weighted by molar-refractivity contribution is 7.12. The second kappa shape index (κ2) is 7.00. The summed E-state index contributed by atoms with van der Waals surface area (Å²) in [6.45, 7) is 0.452. The Morgan fingerprint density at radius 3 is 3.05 bits per heavy atom. The van der Waals surface area contributed by atoms with Crippen LogP contribution in [0.2, 0.25) is 0 Å². The molecule has 0 bridgehead atoms. The molecule has 0 spiro atoms. The van der Waals surface area contributed by atoms with Crippen molar-refractivity contribution >= 4 is 17.2 Å². The van der Waals surface area contributed by atoms with Gasteiger partial charge in [-0.2, -0.15) is 0 Å². The number of hydrogen-bond acceptors (Lipinski definition) is 5. The number of amides is 1. The van der Waals surface area contributed by atoms with Gasteiger partial charge in [-0.25, -0.2) is 5.84 Å². The SMILES string of the molecule is COC1CCCC(OCc2ccsc2C(=O)NN)C1. The van der Waals surface area contributed by atoms with Crippen molar-refractivity contribution in [1.82, 2.24) is 5.43 Å². The highest BCUT2D eigenvalue weighted by atomic mass is 32.1. The fourth-order valence-electron chi connectivity index (χ4n) is 2.39.